The number of carbonyl (C=O) groups excluding carboxylic acids is 1. The van der Waals surface area contributed by atoms with E-state index in [1.807, 2.05) is 0 Å². The van der Waals surface area contributed by atoms with Gasteiger partial charge >= 0.3 is 5.97 Å². The van der Waals surface area contributed by atoms with E-state index in [-0.39, 0.29) is 6.61 Å². The molecule has 0 aromatic heterocycles. The minimum Gasteiger partial charge on any atom is -0.463 e. The van der Waals surface area contributed by atoms with Crippen molar-refractivity contribution in [1.29, 1.82) is 0 Å². The maximum absolute atomic E-state index is 10.7. The highest BCUT2D eigenvalue weighted by Crippen LogP contribution is 2.08. The van der Waals surface area contributed by atoms with Crippen molar-refractivity contribution in [3.8, 4) is 0 Å². The van der Waals surface area contributed by atoms with Crippen molar-refractivity contribution in [3.63, 3.8) is 0 Å². The molecule has 0 heterocycles. The van der Waals surface area contributed by atoms with Crippen molar-refractivity contribution in [2.45, 2.75) is 18.8 Å². The average Bonchev–Trinajstić information content (AvgIpc) is 2.01. The van der Waals surface area contributed by atoms with E-state index >= 15 is 0 Å². The summed E-state index contributed by atoms with van der Waals surface area (Å²) >= 11 is -2.44. The predicted molar refractivity (Wildman–Crippen MR) is 47.2 cm³/mol. The van der Waals surface area contributed by atoms with Crippen LogP contribution in [0.1, 0.15) is 13.8 Å². The number of ether oxygens (including phenoxy) is 1. The first-order chi connectivity index (χ1) is 5.90. The molecule has 0 aromatic rings. The first-order valence-corrected chi connectivity index (χ1v) is 4.70. The van der Waals surface area contributed by atoms with Crippen LogP contribution in [0.4, 0.5) is 0 Å². The molecule has 2 atom stereocenters. The normalized spacial score (nSPS) is 18.2. The highest BCUT2D eigenvalue weighted by molar-refractivity contribution is 7.80. The summed E-state index contributed by atoms with van der Waals surface area (Å²) in [6.07, 6.45) is 1.83. The Bertz CT molecular complexity index is 233. The molecule has 0 fully saturated rings. The molecule has 0 bridgehead atoms. The van der Waals surface area contributed by atoms with Crippen LogP contribution < -0.4 is 0 Å². The third-order valence-electron chi connectivity index (χ3n) is 1.17. The summed E-state index contributed by atoms with van der Waals surface area (Å²) in [5.41, 5.74) is 0. The van der Waals surface area contributed by atoms with Crippen LogP contribution >= 0.6 is 0 Å². The van der Waals surface area contributed by atoms with Crippen molar-refractivity contribution in [1.82, 2.24) is 0 Å². The van der Waals surface area contributed by atoms with Crippen LogP contribution in [0.5, 0.6) is 0 Å². The molecular formula is C7H12O5S. The fraction of sp³-hybridized carbons (Fsp3) is 0.571. The van der Waals surface area contributed by atoms with Gasteiger partial charge in [-0.3, -0.25) is 0 Å². The molecule has 0 aliphatic heterocycles. The molecule has 6 heteroatoms. The minimum absolute atomic E-state index is 0.216. The van der Waals surface area contributed by atoms with E-state index in [0.29, 0.717) is 0 Å². The van der Waals surface area contributed by atoms with Gasteiger partial charge in [-0.2, -0.15) is 0 Å². The summed E-state index contributed by atoms with van der Waals surface area (Å²) in [5.74, 6) is -0.659. The lowest BCUT2D eigenvalue weighted by Gasteiger charge is -2.12. The van der Waals surface area contributed by atoms with Crippen molar-refractivity contribution in [3.05, 3.63) is 12.2 Å². The van der Waals surface area contributed by atoms with Gasteiger partial charge in [-0.05, 0) is 19.9 Å². The van der Waals surface area contributed by atoms with Gasteiger partial charge < -0.3 is 14.4 Å². The molecule has 0 radical (unpaired) electrons. The van der Waals surface area contributed by atoms with Crippen molar-refractivity contribution < 1.29 is 23.4 Å². The van der Waals surface area contributed by atoms with E-state index in [2.05, 4.69) is 4.74 Å². The van der Waals surface area contributed by atoms with E-state index in [4.69, 9.17) is 9.66 Å². The fourth-order valence-corrected chi connectivity index (χ4v) is 0.656. The fourth-order valence-electron chi connectivity index (χ4n) is 0.471. The summed E-state index contributed by atoms with van der Waals surface area (Å²) in [6, 6.07) is 0. The van der Waals surface area contributed by atoms with Crippen molar-refractivity contribution >= 4 is 17.0 Å². The van der Waals surface area contributed by atoms with Crippen LogP contribution in [0.2, 0.25) is 0 Å². The van der Waals surface area contributed by atoms with Crippen LogP contribution in [-0.4, -0.2) is 31.4 Å². The minimum atomic E-state index is -2.44. The molecule has 5 nitrogen and oxygen atoms in total. The zero-order valence-corrected chi connectivity index (χ0v) is 8.21. The van der Waals surface area contributed by atoms with Crippen LogP contribution in [0.25, 0.3) is 0 Å². The van der Waals surface area contributed by atoms with Gasteiger partial charge in [0.25, 0.3) is 0 Å². The molecule has 0 aliphatic carbocycles. The molecule has 0 aromatic carbocycles. The number of rotatable bonds is 4. The van der Waals surface area contributed by atoms with Crippen LogP contribution in [0, 0.1) is 0 Å². The third kappa shape index (κ3) is 4.76. The van der Waals surface area contributed by atoms with Gasteiger partial charge in [-0.1, -0.05) is 0 Å². The Morgan fingerprint density at radius 3 is 2.62 bits per heavy atom. The van der Waals surface area contributed by atoms with E-state index in [1.54, 1.807) is 6.92 Å². The Balaban J connectivity index is 4.25. The van der Waals surface area contributed by atoms with Crippen LogP contribution in [-0.2, 0) is 20.6 Å². The monoisotopic (exact) mass is 208 g/mol. The van der Waals surface area contributed by atoms with E-state index in [1.165, 1.54) is 0 Å². The molecule has 76 valence electrons. The lowest BCUT2D eigenvalue weighted by Crippen LogP contribution is -2.27. The topological polar surface area (TPSA) is 83.8 Å². The van der Waals surface area contributed by atoms with Gasteiger partial charge in [0.05, 0.1) is 6.61 Å². The standard InChI is InChI=1S/C7H12O5S/c1-3-12-6(8)4-5-7(2,9)13(10)11/h4-5,9H,3H2,1-2H3,(H,10,11). The SMILES string of the molecule is CCOC(=O)C=CC(C)(O)S(=O)O. The first kappa shape index (κ1) is 12.3. The molecular weight excluding hydrogens is 196 g/mol. The molecule has 0 rings (SSSR count). The maximum atomic E-state index is 10.7. The van der Waals surface area contributed by atoms with Crippen molar-refractivity contribution in [2.24, 2.45) is 0 Å². The number of hydrogen-bond acceptors (Lipinski definition) is 4. The summed E-state index contributed by atoms with van der Waals surface area (Å²) in [5, 5.41) is 9.16. The molecule has 2 unspecified atom stereocenters. The highest BCUT2D eigenvalue weighted by Gasteiger charge is 2.23. The summed E-state index contributed by atoms with van der Waals surface area (Å²) in [6.45, 7) is 2.96. The largest absolute Gasteiger partial charge is 0.463 e. The number of aliphatic hydroxyl groups is 1. The quantitative estimate of drug-likeness (QED) is 0.387. The van der Waals surface area contributed by atoms with E-state index < -0.39 is 22.0 Å². The van der Waals surface area contributed by atoms with Gasteiger partial charge in [-0.15, -0.1) is 0 Å². The summed E-state index contributed by atoms with van der Waals surface area (Å²) in [7, 11) is 0. The zero-order chi connectivity index (χ0) is 10.5. The average molecular weight is 208 g/mol. The smallest absolute Gasteiger partial charge is 0.330 e. The second kappa shape index (κ2) is 5.11. The van der Waals surface area contributed by atoms with Crippen LogP contribution in [0.3, 0.4) is 0 Å². The second-order valence-corrected chi connectivity index (χ2v) is 3.71. The number of esters is 1. The first-order valence-electron chi connectivity index (χ1n) is 3.59. The molecule has 13 heavy (non-hydrogen) atoms. The van der Waals surface area contributed by atoms with E-state index in [0.717, 1.165) is 19.1 Å². The second-order valence-electron chi connectivity index (χ2n) is 2.39. The third-order valence-corrected chi connectivity index (χ3v) is 2.01. The zero-order valence-electron chi connectivity index (χ0n) is 7.39. The molecule has 0 saturated carbocycles. The Morgan fingerprint density at radius 2 is 2.23 bits per heavy atom. The molecule has 0 spiro atoms. The lowest BCUT2D eigenvalue weighted by atomic mass is 10.3. The lowest BCUT2D eigenvalue weighted by molar-refractivity contribution is -0.137. The van der Waals surface area contributed by atoms with Gasteiger partial charge in [-0.25, -0.2) is 9.00 Å². The number of carbonyl (C=O) groups is 1. The molecule has 0 saturated heterocycles. The van der Waals surface area contributed by atoms with Crippen molar-refractivity contribution in [2.75, 3.05) is 6.61 Å². The van der Waals surface area contributed by atoms with Gasteiger partial charge in [0.1, 0.15) is 0 Å². The van der Waals surface area contributed by atoms with Gasteiger partial charge in [0.15, 0.2) is 16.0 Å². The summed E-state index contributed by atoms with van der Waals surface area (Å²) < 4.78 is 23.5. The maximum Gasteiger partial charge on any atom is 0.330 e. The Kier molecular flexibility index (Phi) is 4.82. The summed E-state index contributed by atoms with van der Waals surface area (Å²) in [4.78, 5) is 8.79. The molecule has 0 aliphatic rings. The van der Waals surface area contributed by atoms with Crippen LogP contribution in [0.15, 0.2) is 12.2 Å². The molecule has 2 N–H and O–H groups in total. The Morgan fingerprint density at radius 1 is 1.69 bits per heavy atom. The Labute approximate surface area is 78.7 Å². The number of hydrogen-bond donors (Lipinski definition) is 2. The molecule has 0 amide bonds. The predicted octanol–water partition coefficient (Wildman–Crippen LogP) is 0.0359. The van der Waals surface area contributed by atoms with Gasteiger partial charge in [0.2, 0.25) is 0 Å². The Hall–Kier alpha value is -0.720. The van der Waals surface area contributed by atoms with Gasteiger partial charge in [0, 0.05) is 6.08 Å². The van der Waals surface area contributed by atoms with E-state index in [9.17, 15) is 9.00 Å². The highest BCUT2D eigenvalue weighted by atomic mass is 32.2.